The molecule has 0 saturated carbocycles. The predicted molar refractivity (Wildman–Crippen MR) is 78.5 cm³/mol. The highest BCUT2D eigenvalue weighted by atomic mass is 19.4. The monoisotopic (exact) mass is 338 g/mol. The Balaban J connectivity index is 2.28. The van der Waals surface area contributed by atoms with Crippen LogP contribution in [0.25, 0.3) is 0 Å². The fourth-order valence-electron chi connectivity index (χ4n) is 1.82. The zero-order valence-corrected chi connectivity index (χ0v) is 12.6. The fraction of sp³-hybridized carbons (Fsp3) is 0.235. The summed E-state index contributed by atoms with van der Waals surface area (Å²) in [5.74, 6) is 3.24. The number of benzene rings is 1. The van der Waals surface area contributed by atoms with Crippen LogP contribution >= 0.6 is 0 Å². The maximum absolute atomic E-state index is 13.2. The van der Waals surface area contributed by atoms with Crippen molar-refractivity contribution >= 4 is 5.78 Å². The smallest absolute Gasteiger partial charge is 0.429 e. The summed E-state index contributed by atoms with van der Waals surface area (Å²) in [7, 11) is 1.45. The van der Waals surface area contributed by atoms with Gasteiger partial charge in [-0.25, -0.2) is 0 Å². The van der Waals surface area contributed by atoms with E-state index in [1.807, 2.05) is 0 Å². The van der Waals surface area contributed by atoms with Gasteiger partial charge in [0.1, 0.15) is 5.75 Å². The summed E-state index contributed by atoms with van der Waals surface area (Å²) in [5.41, 5.74) is -3.24. The van der Waals surface area contributed by atoms with Gasteiger partial charge in [0.25, 0.3) is 0 Å². The van der Waals surface area contributed by atoms with Gasteiger partial charge < -0.3 is 14.3 Å². The SMILES string of the molecule is COc1ccc(C#CC(O)(CC(=O)c2ccco2)C(F)(F)F)cc1. The third-order valence-electron chi connectivity index (χ3n) is 3.18. The molecule has 1 aromatic carbocycles. The Morgan fingerprint density at radius 1 is 1.25 bits per heavy atom. The second-order valence-electron chi connectivity index (χ2n) is 4.91. The lowest BCUT2D eigenvalue weighted by Crippen LogP contribution is -2.45. The predicted octanol–water partition coefficient (Wildman–Crippen LogP) is 3.21. The van der Waals surface area contributed by atoms with E-state index in [2.05, 4.69) is 5.92 Å². The molecule has 2 rings (SSSR count). The number of ketones is 1. The summed E-state index contributed by atoms with van der Waals surface area (Å²) < 4.78 is 49.2. The first-order chi connectivity index (χ1) is 11.2. The van der Waals surface area contributed by atoms with Crippen molar-refractivity contribution in [2.24, 2.45) is 0 Å². The summed E-state index contributed by atoms with van der Waals surface area (Å²) >= 11 is 0. The molecule has 0 aliphatic carbocycles. The Hall–Kier alpha value is -2.72. The van der Waals surface area contributed by atoms with Crippen LogP contribution in [0.4, 0.5) is 13.2 Å². The van der Waals surface area contributed by atoms with Gasteiger partial charge in [0, 0.05) is 5.56 Å². The lowest BCUT2D eigenvalue weighted by atomic mass is 9.95. The topological polar surface area (TPSA) is 59.7 Å². The molecule has 24 heavy (non-hydrogen) atoms. The molecule has 126 valence electrons. The average Bonchev–Trinajstić information content (AvgIpc) is 3.07. The molecule has 0 aliphatic rings. The number of ether oxygens (including phenoxy) is 1. The number of rotatable bonds is 4. The maximum atomic E-state index is 13.2. The molecular formula is C17H13F3O4. The van der Waals surface area contributed by atoms with Gasteiger partial charge in [0.15, 0.2) is 5.76 Å². The van der Waals surface area contributed by atoms with Gasteiger partial charge in [0.05, 0.1) is 19.8 Å². The van der Waals surface area contributed by atoms with E-state index in [9.17, 15) is 23.1 Å². The summed E-state index contributed by atoms with van der Waals surface area (Å²) in [5, 5.41) is 9.89. The largest absolute Gasteiger partial charge is 0.497 e. The second kappa shape index (κ2) is 6.81. The number of hydrogen-bond acceptors (Lipinski definition) is 4. The Morgan fingerprint density at radius 2 is 1.92 bits per heavy atom. The molecule has 1 N–H and O–H groups in total. The van der Waals surface area contributed by atoms with E-state index in [0.717, 1.165) is 6.26 Å². The minimum atomic E-state index is -5.10. The Kier molecular flexibility index (Phi) is 5.00. The first-order valence-electron chi connectivity index (χ1n) is 6.78. The first-order valence-corrected chi connectivity index (χ1v) is 6.78. The lowest BCUT2D eigenvalue weighted by Gasteiger charge is -2.24. The lowest BCUT2D eigenvalue weighted by molar-refractivity contribution is -0.233. The van der Waals surface area contributed by atoms with Gasteiger partial charge in [-0.3, -0.25) is 4.79 Å². The highest BCUT2D eigenvalue weighted by Crippen LogP contribution is 2.34. The highest BCUT2D eigenvalue weighted by Gasteiger charge is 2.54. The number of methoxy groups -OCH3 is 1. The number of alkyl halides is 3. The van der Waals surface area contributed by atoms with Crippen molar-refractivity contribution in [2.45, 2.75) is 18.2 Å². The summed E-state index contributed by atoms with van der Waals surface area (Å²) in [6.07, 6.45) is -5.20. The van der Waals surface area contributed by atoms with Gasteiger partial charge in [-0.2, -0.15) is 13.2 Å². The zero-order valence-electron chi connectivity index (χ0n) is 12.6. The third-order valence-corrected chi connectivity index (χ3v) is 3.18. The van der Waals surface area contributed by atoms with Crippen molar-refractivity contribution in [1.82, 2.24) is 0 Å². The van der Waals surface area contributed by atoms with Crippen molar-refractivity contribution < 1.29 is 32.2 Å². The van der Waals surface area contributed by atoms with Gasteiger partial charge in [0.2, 0.25) is 11.4 Å². The number of carbonyl (C=O) groups excluding carboxylic acids is 1. The molecule has 4 nitrogen and oxygen atoms in total. The molecule has 0 amide bonds. The molecule has 2 aromatic rings. The molecule has 1 heterocycles. The molecule has 0 bridgehead atoms. The number of halogens is 3. The average molecular weight is 338 g/mol. The molecule has 0 saturated heterocycles. The van der Waals surface area contributed by atoms with Crippen molar-refractivity contribution in [2.75, 3.05) is 7.11 Å². The van der Waals surface area contributed by atoms with Crippen LogP contribution in [0.1, 0.15) is 22.5 Å². The van der Waals surface area contributed by atoms with Crippen LogP contribution < -0.4 is 4.74 Å². The van der Waals surface area contributed by atoms with Gasteiger partial charge in [-0.05, 0) is 36.4 Å². The second-order valence-corrected chi connectivity index (χ2v) is 4.91. The van der Waals surface area contributed by atoms with Crippen LogP contribution in [0.5, 0.6) is 5.75 Å². The Labute approximate surface area is 135 Å². The molecule has 0 fully saturated rings. The molecule has 1 unspecified atom stereocenters. The van der Waals surface area contributed by atoms with Crippen LogP contribution in [0, 0.1) is 11.8 Å². The number of furan rings is 1. The molecule has 1 atom stereocenters. The summed E-state index contributed by atoms with van der Waals surface area (Å²) in [6, 6.07) is 8.50. The van der Waals surface area contributed by atoms with E-state index in [0.29, 0.717) is 5.75 Å². The quantitative estimate of drug-likeness (QED) is 0.687. The van der Waals surface area contributed by atoms with Crippen molar-refractivity contribution in [3.63, 3.8) is 0 Å². The number of hydrogen-bond donors (Lipinski definition) is 1. The van der Waals surface area contributed by atoms with Gasteiger partial charge in [-0.1, -0.05) is 11.8 Å². The summed E-state index contributed by atoms with van der Waals surface area (Å²) in [4.78, 5) is 11.8. The minimum absolute atomic E-state index is 0.240. The Bertz CT molecular complexity index is 752. The maximum Gasteiger partial charge on any atom is 0.429 e. The van der Waals surface area contributed by atoms with E-state index in [1.54, 1.807) is 5.92 Å². The van der Waals surface area contributed by atoms with Crippen LogP contribution in [-0.2, 0) is 0 Å². The summed E-state index contributed by atoms with van der Waals surface area (Å²) in [6.45, 7) is 0. The molecule has 7 heteroatoms. The highest BCUT2D eigenvalue weighted by molar-refractivity contribution is 5.94. The van der Waals surface area contributed by atoms with Crippen molar-refractivity contribution in [3.05, 3.63) is 54.0 Å². The minimum Gasteiger partial charge on any atom is -0.497 e. The van der Waals surface area contributed by atoms with Gasteiger partial charge >= 0.3 is 6.18 Å². The number of carbonyl (C=O) groups is 1. The van der Waals surface area contributed by atoms with Crippen LogP contribution in [0.2, 0.25) is 0 Å². The molecule has 0 radical (unpaired) electrons. The third kappa shape index (κ3) is 3.97. The number of Topliss-reactive ketones (excluding diaryl/α,β-unsaturated/α-hetero) is 1. The molecule has 1 aromatic heterocycles. The van der Waals surface area contributed by atoms with E-state index in [-0.39, 0.29) is 11.3 Å². The fourth-order valence-corrected chi connectivity index (χ4v) is 1.82. The Morgan fingerprint density at radius 3 is 2.42 bits per heavy atom. The molecular weight excluding hydrogens is 325 g/mol. The molecule has 0 aliphatic heterocycles. The van der Waals surface area contributed by atoms with Crippen molar-refractivity contribution in [3.8, 4) is 17.6 Å². The van der Waals surface area contributed by atoms with E-state index in [1.165, 1.54) is 43.5 Å². The van der Waals surface area contributed by atoms with E-state index < -0.39 is 24.0 Å². The van der Waals surface area contributed by atoms with Crippen LogP contribution in [0.3, 0.4) is 0 Å². The van der Waals surface area contributed by atoms with E-state index in [4.69, 9.17) is 9.15 Å². The zero-order chi connectivity index (χ0) is 17.8. The van der Waals surface area contributed by atoms with Crippen molar-refractivity contribution in [1.29, 1.82) is 0 Å². The first kappa shape index (κ1) is 17.6. The normalized spacial score (nSPS) is 13.5. The van der Waals surface area contributed by atoms with Crippen LogP contribution in [-0.4, -0.2) is 29.8 Å². The van der Waals surface area contributed by atoms with Gasteiger partial charge in [-0.15, -0.1) is 0 Å². The van der Waals surface area contributed by atoms with E-state index >= 15 is 0 Å². The molecule has 0 spiro atoms. The number of aliphatic hydroxyl groups is 1. The van der Waals surface area contributed by atoms with Crippen LogP contribution in [0.15, 0.2) is 47.1 Å². The standard InChI is InChI=1S/C17H13F3O4/c1-23-13-6-4-12(5-7-13)8-9-16(22,17(18,19)20)11-14(21)15-3-2-10-24-15/h2-7,10,22H,11H2,1H3.